The van der Waals surface area contributed by atoms with Gasteiger partial charge in [0, 0.05) is 49.0 Å². The summed E-state index contributed by atoms with van der Waals surface area (Å²) in [6.45, 7) is 7.14. The molecular weight excluding hydrogens is 462 g/mol. The quantitative estimate of drug-likeness (QED) is 0.300. The van der Waals surface area contributed by atoms with Gasteiger partial charge in [-0.1, -0.05) is 30.9 Å². The van der Waals surface area contributed by atoms with Gasteiger partial charge in [0.25, 0.3) is 5.91 Å². The Morgan fingerprint density at radius 3 is 2.46 bits per heavy atom. The van der Waals surface area contributed by atoms with Crippen molar-refractivity contribution in [1.82, 2.24) is 10.2 Å². The first-order chi connectivity index (χ1) is 16.9. The lowest BCUT2D eigenvalue weighted by Gasteiger charge is -2.36. The van der Waals surface area contributed by atoms with Crippen molar-refractivity contribution in [2.45, 2.75) is 71.3 Å². The molecule has 8 heteroatoms. The molecule has 194 valence electrons. The van der Waals surface area contributed by atoms with Crippen molar-refractivity contribution in [3.05, 3.63) is 39.7 Å². The average molecular weight is 504 g/mol. The predicted molar refractivity (Wildman–Crippen MR) is 145 cm³/mol. The number of carbonyl (C=O) groups is 1. The van der Waals surface area contributed by atoms with E-state index >= 15 is 0 Å². The van der Waals surface area contributed by atoms with E-state index in [2.05, 4.69) is 27.0 Å². The maximum Gasteiger partial charge on any atom is 0.251 e. The van der Waals surface area contributed by atoms with Crippen LogP contribution in [0.3, 0.4) is 0 Å². The molecule has 0 atom stereocenters. The van der Waals surface area contributed by atoms with Crippen molar-refractivity contribution >= 4 is 29.0 Å². The van der Waals surface area contributed by atoms with Crippen molar-refractivity contribution < 1.29 is 9.53 Å². The highest BCUT2D eigenvalue weighted by molar-refractivity contribution is 6.31. The lowest BCUT2D eigenvalue weighted by atomic mass is 9.93. The van der Waals surface area contributed by atoms with Crippen molar-refractivity contribution in [3.8, 4) is 0 Å². The first-order valence-electron chi connectivity index (χ1n) is 13.0. The van der Waals surface area contributed by atoms with Crippen LogP contribution in [0, 0.1) is 6.92 Å². The number of aliphatic imine (C=N–C) groups is 1. The van der Waals surface area contributed by atoms with E-state index in [4.69, 9.17) is 22.1 Å². The molecule has 35 heavy (non-hydrogen) atoms. The number of nitrogens with zero attached hydrogens (tertiary/aromatic N) is 3. The van der Waals surface area contributed by atoms with Crippen LogP contribution in [0.1, 0.15) is 74.2 Å². The largest absolute Gasteiger partial charge is 0.482 e. The molecule has 1 aliphatic heterocycles. The minimum atomic E-state index is -0.179. The van der Waals surface area contributed by atoms with Gasteiger partial charge in [-0.3, -0.25) is 9.79 Å². The number of ether oxygens (including phenoxy) is 1. The van der Waals surface area contributed by atoms with Crippen LogP contribution in [0.25, 0.3) is 0 Å². The molecule has 1 aromatic carbocycles. The topological polar surface area (TPSA) is 83.2 Å². The maximum absolute atomic E-state index is 13.4. The van der Waals surface area contributed by atoms with Crippen LogP contribution < -0.4 is 16.0 Å². The SMILES string of the molecule is CCN(c1cc(Cl)cc(C(=O)NCC(C(=NC)N2CCCCC2)=C(N)OC)c1C)C1CCCCC1. The number of amidine groups is 1. The number of piperidine rings is 1. The first kappa shape index (κ1) is 27.2. The van der Waals surface area contributed by atoms with Gasteiger partial charge in [0.05, 0.1) is 19.2 Å². The number of halogens is 1. The van der Waals surface area contributed by atoms with Gasteiger partial charge in [-0.15, -0.1) is 0 Å². The van der Waals surface area contributed by atoms with Gasteiger partial charge in [0.1, 0.15) is 5.84 Å². The number of rotatable bonds is 8. The molecule has 0 spiro atoms. The minimum Gasteiger partial charge on any atom is -0.482 e. The Morgan fingerprint density at radius 1 is 1.20 bits per heavy atom. The molecule has 1 heterocycles. The normalized spacial score (nSPS) is 18.2. The Hall–Kier alpha value is -2.41. The van der Waals surface area contributed by atoms with Crippen LogP contribution in [-0.2, 0) is 4.74 Å². The van der Waals surface area contributed by atoms with Crippen LogP contribution in [0.15, 0.2) is 28.6 Å². The summed E-state index contributed by atoms with van der Waals surface area (Å²) in [6, 6.07) is 4.25. The number of benzene rings is 1. The molecule has 0 unspecified atom stereocenters. The van der Waals surface area contributed by atoms with Crippen molar-refractivity contribution in [3.63, 3.8) is 0 Å². The standard InChI is InChI=1S/C27H42ClN5O2/c1-5-33(21-12-8-6-9-13-21)24-17-20(28)16-22(19(24)2)27(34)31-18-23(25(29)35-4)26(30-3)32-14-10-7-11-15-32/h16-17,21H,5-15,18,29H2,1-4H3,(H,31,34). The van der Waals surface area contributed by atoms with Gasteiger partial charge in [-0.25, -0.2) is 0 Å². The molecule has 2 fully saturated rings. The number of carbonyl (C=O) groups excluding carboxylic acids is 1. The number of likely N-dealkylation sites (tertiary alicyclic amines) is 1. The lowest BCUT2D eigenvalue weighted by Crippen LogP contribution is -2.41. The Kier molecular flexibility index (Phi) is 10.1. The molecule has 1 aliphatic carbocycles. The van der Waals surface area contributed by atoms with Gasteiger partial charge in [-0.05, 0) is 63.6 Å². The zero-order valence-electron chi connectivity index (χ0n) is 21.8. The Labute approximate surface area is 215 Å². The first-order valence-corrected chi connectivity index (χ1v) is 13.4. The highest BCUT2D eigenvalue weighted by Gasteiger charge is 2.25. The summed E-state index contributed by atoms with van der Waals surface area (Å²) in [7, 11) is 3.30. The summed E-state index contributed by atoms with van der Waals surface area (Å²) in [5.41, 5.74) is 9.50. The third-order valence-electron chi connectivity index (χ3n) is 7.34. The van der Waals surface area contributed by atoms with Crippen molar-refractivity contribution in [2.75, 3.05) is 45.2 Å². The fourth-order valence-corrected chi connectivity index (χ4v) is 5.67. The summed E-state index contributed by atoms with van der Waals surface area (Å²) in [5.74, 6) is 0.873. The second kappa shape index (κ2) is 13.1. The highest BCUT2D eigenvalue weighted by atomic mass is 35.5. The molecule has 1 saturated heterocycles. The molecule has 1 amide bonds. The van der Waals surface area contributed by atoms with Gasteiger partial charge < -0.3 is 25.6 Å². The summed E-state index contributed by atoms with van der Waals surface area (Å²) >= 11 is 6.53. The number of hydrogen-bond acceptors (Lipinski definition) is 5. The number of nitrogens with one attached hydrogen (secondary N) is 1. The molecule has 2 aliphatic rings. The summed E-state index contributed by atoms with van der Waals surface area (Å²) in [4.78, 5) is 22.6. The van der Waals surface area contributed by atoms with Crippen LogP contribution in [0.4, 0.5) is 5.69 Å². The van der Waals surface area contributed by atoms with Gasteiger partial charge in [0.15, 0.2) is 5.88 Å². The number of amides is 1. The summed E-state index contributed by atoms with van der Waals surface area (Å²) in [6.07, 6.45) is 9.62. The molecular formula is C27H42ClN5O2. The molecule has 7 nitrogen and oxygen atoms in total. The van der Waals surface area contributed by atoms with E-state index in [0.29, 0.717) is 22.2 Å². The van der Waals surface area contributed by atoms with E-state index in [-0.39, 0.29) is 18.3 Å². The van der Waals surface area contributed by atoms with E-state index < -0.39 is 0 Å². The number of hydrogen-bond donors (Lipinski definition) is 2. The van der Waals surface area contributed by atoms with E-state index in [0.717, 1.165) is 49.6 Å². The van der Waals surface area contributed by atoms with Crippen LogP contribution >= 0.6 is 11.6 Å². The molecule has 3 rings (SSSR count). The summed E-state index contributed by atoms with van der Waals surface area (Å²) < 4.78 is 5.37. The Balaban J connectivity index is 1.83. The van der Waals surface area contributed by atoms with Crippen LogP contribution in [0.2, 0.25) is 5.02 Å². The lowest BCUT2D eigenvalue weighted by molar-refractivity contribution is 0.0956. The minimum absolute atomic E-state index is 0.179. The fraction of sp³-hybridized carbons (Fsp3) is 0.630. The molecule has 1 aromatic rings. The van der Waals surface area contributed by atoms with E-state index in [1.165, 1.54) is 38.5 Å². The number of nitrogens with two attached hydrogens (primary N) is 1. The Morgan fingerprint density at radius 2 is 1.86 bits per heavy atom. The number of anilines is 1. The van der Waals surface area contributed by atoms with Crippen LogP contribution in [-0.4, -0.2) is 63.0 Å². The molecule has 0 radical (unpaired) electrons. The fourth-order valence-electron chi connectivity index (χ4n) is 5.45. The van der Waals surface area contributed by atoms with Crippen molar-refractivity contribution in [1.29, 1.82) is 0 Å². The zero-order chi connectivity index (χ0) is 25.4. The average Bonchev–Trinajstić information content (AvgIpc) is 2.89. The van der Waals surface area contributed by atoms with E-state index in [9.17, 15) is 4.79 Å². The molecule has 0 aromatic heterocycles. The van der Waals surface area contributed by atoms with Gasteiger partial charge in [-0.2, -0.15) is 0 Å². The van der Waals surface area contributed by atoms with Gasteiger partial charge >= 0.3 is 0 Å². The predicted octanol–water partition coefficient (Wildman–Crippen LogP) is 4.87. The smallest absolute Gasteiger partial charge is 0.251 e. The molecule has 0 bridgehead atoms. The second-order valence-corrected chi connectivity index (χ2v) is 9.94. The van der Waals surface area contributed by atoms with E-state index in [1.54, 1.807) is 20.2 Å². The monoisotopic (exact) mass is 503 g/mol. The zero-order valence-corrected chi connectivity index (χ0v) is 22.6. The highest BCUT2D eigenvalue weighted by Crippen LogP contribution is 2.33. The van der Waals surface area contributed by atoms with E-state index in [1.807, 2.05) is 13.0 Å². The second-order valence-electron chi connectivity index (χ2n) is 9.50. The Bertz CT molecular complexity index is 934. The third kappa shape index (κ3) is 6.63. The third-order valence-corrected chi connectivity index (χ3v) is 7.55. The molecule has 3 N–H and O–H groups in total. The molecule has 1 saturated carbocycles. The van der Waals surface area contributed by atoms with Crippen LogP contribution in [0.5, 0.6) is 0 Å². The number of methoxy groups -OCH3 is 1. The maximum atomic E-state index is 13.4. The summed E-state index contributed by atoms with van der Waals surface area (Å²) in [5, 5.41) is 3.63. The van der Waals surface area contributed by atoms with Crippen molar-refractivity contribution in [2.24, 2.45) is 10.7 Å². The van der Waals surface area contributed by atoms with Gasteiger partial charge in [0.2, 0.25) is 0 Å².